The molecule has 0 aliphatic heterocycles. The topological polar surface area (TPSA) is 49.8 Å². The lowest BCUT2D eigenvalue weighted by Crippen LogP contribution is -2.30. The fourth-order valence-electron chi connectivity index (χ4n) is 1.42. The minimum absolute atomic E-state index is 0.0181. The Morgan fingerprint density at radius 2 is 2.00 bits per heavy atom. The Kier molecular flexibility index (Phi) is 4.79. The zero-order valence-electron chi connectivity index (χ0n) is 9.64. The number of carbonyl (C=O) groups excluding carboxylic acids is 1. The molecule has 1 N–H and O–H groups in total. The third kappa shape index (κ3) is 3.55. The van der Waals surface area contributed by atoms with Gasteiger partial charge in [0.15, 0.2) is 0 Å². The van der Waals surface area contributed by atoms with Gasteiger partial charge >= 0.3 is 0 Å². The van der Waals surface area contributed by atoms with E-state index in [9.17, 15) is 4.79 Å². The number of rotatable bonds is 5. The van der Waals surface area contributed by atoms with Gasteiger partial charge in [-0.15, -0.1) is 0 Å². The standard InChI is InChI=1S/C12H17NO3/c1-10(15)13(7-8-14)9-11-3-5-12(16-2)6-4-11/h3-6,14H,7-9H2,1-2H3. The van der Waals surface area contributed by atoms with Crippen molar-refractivity contribution in [2.75, 3.05) is 20.3 Å². The molecule has 1 aromatic carbocycles. The minimum atomic E-state index is -0.0372. The van der Waals surface area contributed by atoms with Crippen LogP contribution >= 0.6 is 0 Å². The van der Waals surface area contributed by atoms with Crippen molar-refractivity contribution in [1.82, 2.24) is 4.90 Å². The number of ether oxygens (including phenoxy) is 1. The second-order valence-corrected chi connectivity index (χ2v) is 3.51. The van der Waals surface area contributed by atoms with Gasteiger partial charge in [-0.05, 0) is 17.7 Å². The van der Waals surface area contributed by atoms with Crippen LogP contribution in [0, 0.1) is 0 Å². The number of methoxy groups -OCH3 is 1. The van der Waals surface area contributed by atoms with Crippen LogP contribution in [-0.2, 0) is 11.3 Å². The molecule has 16 heavy (non-hydrogen) atoms. The van der Waals surface area contributed by atoms with Gasteiger partial charge in [0.05, 0.1) is 13.7 Å². The minimum Gasteiger partial charge on any atom is -0.497 e. The first kappa shape index (κ1) is 12.5. The smallest absolute Gasteiger partial charge is 0.219 e. The van der Waals surface area contributed by atoms with E-state index in [2.05, 4.69) is 0 Å². The third-order valence-electron chi connectivity index (χ3n) is 2.35. The van der Waals surface area contributed by atoms with E-state index in [1.807, 2.05) is 24.3 Å². The van der Waals surface area contributed by atoms with Crippen LogP contribution in [0.25, 0.3) is 0 Å². The number of hydrogen-bond acceptors (Lipinski definition) is 3. The van der Waals surface area contributed by atoms with Gasteiger partial charge in [0, 0.05) is 20.0 Å². The normalized spacial score (nSPS) is 9.94. The second-order valence-electron chi connectivity index (χ2n) is 3.51. The van der Waals surface area contributed by atoms with Gasteiger partial charge in [0.2, 0.25) is 5.91 Å². The molecule has 0 saturated carbocycles. The molecular weight excluding hydrogens is 206 g/mol. The van der Waals surface area contributed by atoms with E-state index < -0.39 is 0 Å². The van der Waals surface area contributed by atoms with Gasteiger partial charge in [-0.3, -0.25) is 4.79 Å². The molecule has 0 bridgehead atoms. The van der Waals surface area contributed by atoms with E-state index in [4.69, 9.17) is 9.84 Å². The first-order chi connectivity index (χ1) is 7.67. The van der Waals surface area contributed by atoms with Crippen molar-refractivity contribution in [3.05, 3.63) is 29.8 Å². The first-order valence-electron chi connectivity index (χ1n) is 5.16. The molecule has 1 aromatic rings. The number of aliphatic hydroxyl groups is 1. The lowest BCUT2D eigenvalue weighted by molar-refractivity contribution is -0.129. The average Bonchev–Trinajstić information content (AvgIpc) is 2.29. The summed E-state index contributed by atoms with van der Waals surface area (Å²) in [5.74, 6) is 0.755. The fourth-order valence-corrected chi connectivity index (χ4v) is 1.42. The van der Waals surface area contributed by atoms with E-state index in [0.717, 1.165) is 11.3 Å². The number of benzene rings is 1. The van der Waals surface area contributed by atoms with Crippen molar-refractivity contribution in [3.63, 3.8) is 0 Å². The van der Waals surface area contributed by atoms with E-state index in [0.29, 0.717) is 13.1 Å². The van der Waals surface area contributed by atoms with Crippen LogP contribution in [-0.4, -0.2) is 36.2 Å². The van der Waals surface area contributed by atoms with Crippen LogP contribution in [0.4, 0.5) is 0 Å². The van der Waals surface area contributed by atoms with Crippen LogP contribution in [0.3, 0.4) is 0 Å². The van der Waals surface area contributed by atoms with Gasteiger partial charge in [-0.25, -0.2) is 0 Å². The van der Waals surface area contributed by atoms with Crippen molar-refractivity contribution in [2.45, 2.75) is 13.5 Å². The Bertz CT molecular complexity index is 335. The Labute approximate surface area is 95.5 Å². The maximum Gasteiger partial charge on any atom is 0.219 e. The van der Waals surface area contributed by atoms with Gasteiger partial charge in [0.25, 0.3) is 0 Å². The molecule has 0 aliphatic carbocycles. The molecule has 1 rings (SSSR count). The number of amides is 1. The second kappa shape index (κ2) is 6.12. The van der Waals surface area contributed by atoms with Crippen molar-refractivity contribution in [3.8, 4) is 5.75 Å². The molecule has 0 spiro atoms. The highest BCUT2D eigenvalue weighted by Crippen LogP contribution is 2.12. The van der Waals surface area contributed by atoms with Gasteiger partial charge in [-0.1, -0.05) is 12.1 Å². The van der Waals surface area contributed by atoms with E-state index >= 15 is 0 Å². The molecule has 0 heterocycles. The van der Waals surface area contributed by atoms with Gasteiger partial charge < -0.3 is 14.7 Å². The van der Waals surface area contributed by atoms with Gasteiger partial charge in [0.1, 0.15) is 5.75 Å². The highest BCUT2D eigenvalue weighted by molar-refractivity contribution is 5.73. The monoisotopic (exact) mass is 223 g/mol. The maximum absolute atomic E-state index is 11.3. The Morgan fingerprint density at radius 1 is 1.38 bits per heavy atom. The molecule has 0 fully saturated rings. The zero-order chi connectivity index (χ0) is 12.0. The lowest BCUT2D eigenvalue weighted by Gasteiger charge is -2.19. The molecular formula is C12H17NO3. The first-order valence-corrected chi connectivity index (χ1v) is 5.16. The summed E-state index contributed by atoms with van der Waals surface area (Å²) in [6, 6.07) is 7.53. The van der Waals surface area contributed by atoms with Crippen LogP contribution in [0.1, 0.15) is 12.5 Å². The summed E-state index contributed by atoms with van der Waals surface area (Å²) in [4.78, 5) is 12.9. The SMILES string of the molecule is COc1ccc(CN(CCO)C(C)=O)cc1. The Hall–Kier alpha value is -1.55. The summed E-state index contributed by atoms with van der Waals surface area (Å²) in [6.07, 6.45) is 0. The lowest BCUT2D eigenvalue weighted by atomic mass is 10.2. The van der Waals surface area contributed by atoms with Crippen molar-refractivity contribution in [1.29, 1.82) is 0 Å². The summed E-state index contributed by atoms with van der Waals surface area (Å²) in [7, 11) is 1.61. The predicted octanol–water partition coefficient (Wildman–Crippen LogP) is 1.04. The molecule has 0 aliphatic rings. The number of nitrogens with zero attached hydrogens (tertiary/aromatic N) is 1. The summed E-state index contributed by atoms with van der Waals surface area (Å²) in [5.41, 5.74) is 1.02. The molecule has 0 atom stereocenters. The fraction of sp³-hybridized carbons (Fsp3) is 0.417. The molecule has 0 saturated heterocycles. The highest BCUT2D eigenvalue weighted by Gasteiger charge is 2.08. The number of carbonyl (C=O) groups is 1. The van der Waals surface area contributed by atoms with E-state index in [1.165, 1.54) is 6.92 Å². The summed E-state index contributed by atoms with van der Waals surface area (Å²) in [5, 5.41) is 8.83. The third-order valence-corrected chi connectivity index (χ3v) is 2.35. The molecule has 1 amide bonds. The zero-order valence-corrected chi connectivity index (χ0v) is 9.64. The largest absolute Gasteiger partial charge is 0.497 e. The van der Waals surface area contributed by atoms with E-state index in [-0.39, 0.29) is 12.5 Å². The molecule has 0 radical (unpaired) electrons. The Morgan fingerprint density at radius 3 is 2.44 bits per heavy atom. The molecule has 88 valence electrons. The van der Waals surface area contributed by atoms with Crippen molar-refractivity contribution < 1.29 is 14.6 Å². The predicted molar refractivity (Wildman–Crippen MR) is 61.2 cm³/mol. The van der Waals surface area contributed by atoms with Crippen LogP contribution in [0.2, 0.25) is 0 Å². The van der Waals surface area contributed by atoms with Crippen molar-refractivity contribution in [2.24, 2.45) is 0 Å². The van der Waals surface area contributed by atoms with Crippen LogP contribution < -0.4 is 4.74 Å². The Balaban J connectivity index is 2.65. The highest BCUT2D eigenvalue weighted by atomic mass is 16.5. The van der Waals surface area contributed by atoms with Crippen LogP contribution in [0.15, 0.2) is 24.3 Å². The van der Waals surface area contributed by atoms with Gasteiger partial charge in [-0.2, -0.15) is 0 Å². The molecule has 4 nitrogen and oxygen atoms in total. The summed E-state index contributed by atoms with van der Waals surface area (Å²) < 4.78 is 5.05. The average molecular weight is 223 g/mol. The van der Waals surface area contributed by atoms with Crippen molar-refractivity contribution >= 4 is 5.91 Å². The summed E-state index contributed by atoms with van der Waals surface area (Å²) in [6.45, 7) is 2.36. The van der Waals surface area contributed by atoms with E-state index in [1.54, 1.807) is 12.0 Å². The quantitative estimate of drug-likeness (QED) is 0.811. The maximum atomic E-state index is 11.3. The molecule has 0 aromatic heterocycles. The molecule has 0 unspecified atom stereocenters. The van der Waals surface area contributed by atoms with Crippen LogP contribution in [0.5, 0.6) is 5.75 Å². The molecule has 4 heteroatoms. The summed E-state index contributed by atoms with van der Waals surface area (Å²) >= 11 is 0. The number of aliphatic hydroxyl groups excluding tert-OH is 1. The number of hydrogen-bond donors (Lipinski definition) is 1.